The summed E-state index contributed by atoms with van der Waals surface area (Å²) < 4.78 is 1.75. The van der Waals surface area contributed by atoms with Crippen molar-refractivity contribution < 1.29 is 9.72 Å². The van der Waals surface area contributed by atoms with Crippen LogP contribution in [0.4, 0.5) is 17.1 Å². The Hall–Kier alpha value is -3.68. The van der Waals surface area contributed by atoms with E-state index in [1.54, 1.807) is 29.9 Å². The first kappa shape index (κ1) is 18.1. The van der Waals surface area contributed by atoms with Crippen LogP contribution in [0.2, 0.25) is 0 Å². The highest BCUT2D eigenvalue weighted by Gasteiger charge is 2.18. The number of amides is 1. The monoisotopic (exact) mass is 365 g/mol. The number of carbonyl (C=O) groups is 1. The van der Waals surface area contributed by atoms with E-state index in [4.69, 9.17) is 0 Å². The van der Waals surface area contributed by atoms with Gasteiger partial charge in [0, 0.05) is 24.4 Å². The Morgan fingerprint density at radius 2 is 1.85 bits per heavy atom. The first-order valence-electron chi connectivity index (χ1n) is 8.31. The average Bonchev–Trinajstić information content (AvgIpc) is 2.99. The minimum Gasteiger partial charge on any atom is -0.383 e. The number of nitrogens with one attached hydrogen (secondary N) is 2. The van der Waals surface area contributed by atoms with Crippen LogP contribution in [0.25, 0.3) is 5.69 Å². The number of rotatable bonds is 5. The fraction of sp³-hybridized carbons (Fsp3) is 0.158. The molecule has 2 aromatic carbocycles. The van der Waals surface area contributed by atoms with Gasteiger partial charge in [-0.3, -0.25) is 14.9 Å². The molecular weight excluding hydrogens is 346 g/mol. The van der Waals surface area contributed by atoms with Gasteiger partial charge >= 0.3 is 0 Å². The molecule has 0 atom stereocenters. The Kier molecular flexibility index (Phi) is 4.89. The molecule has 0 bridgehead atoms. The molecule has 0 aliphatic heterocycles. The zero-order valence-electron chi connectivity index (χ0n) is 15.2. The van der Waals surface area contributed by atoms with Crippen molar-refractivity contribution in [3.63, 3.8) is 0 Å². The second-order valence-electron chi connectivity index (χ2n) is 6.05. The summed E-state index contributed by atoms with van der Waals surface area (Å²) in [5.74, 6) is -0.435. The molecule has 0 unspecified atom stereocenters. The molecular formula is C19H19N5O3. The third-order valence-electron chi connectivity index (χ3n) is 4.12. The minimum atomic E-state index is -0.521. The molecule has 0 saturated carbocycles. The zero-order valence-corrected chi connectivity index (χ0v) is 15.2. The van der Waals surface area contributed by atoms with E-state index in [0.717, 1.165) is 17.1 Å². The number of carbonyl (C=O) groups excluding carboxylic acids is 1. The molecule has 138 valence electrons. The molecule has 1 amide bonds. The van der Waals surface area contributed by atoms with Gasteiger partial charge in [0.15, 0.2) is 0 Å². The largest absolute Gasteiger partial charge is 0.383 e. The number of nitro benzene ring substituents is 1. The highest BCUT2D eigenvalue weighted by Crippen LogP contribution is 2.26. The summed E-state index contributed by atoms with van der Waals surface area (Å²) in [5, 5.41) is 21.2. The number of hydrogen-bond donors (Lipinski definition) is 2. The number of aryl methyl sites for hydroxylation is 2. The van der Waals surface area contributed by atoms with Gasteiger partial charge in [0.05, 0.1) is 22.0 Å². The Morgan fingerprint density at radius 1 is 1.11 bits per heavy atom. The van der Waals surface area contributed by atoms with E-state index in [1.807, 2.05) is 32.0 Å². The second kappa shape index (κ2) is 7.28. The maximum atomic E-state index is 12.7. The fourth-order valence-electron chi connectivity index (χ4n) is 2.87. The number of benzene rings is 2. The molecule has 0 saturated heterocycles. The fourth-order valence-corrected chi connectivity index (χ4v) is 2.87. The normalized spacial score (nSPS) is 10.5. The topological polar surface area (TPSA) is 102 Å². The van der Waals surface area contributed by atoms with Gasteiger partial charge in [-0.25, -0.2) is 4.68 Å². The van der Waals surface area contributed by atoms with Gasteiger partial charge in [-0.15, -0.1) is 0 Å². The quantitative estimate of drug-likeness (QED) is 0.530. The van der Waals surface area contributed by atoms with Crippen molar-refractivity contribution in [3.05, 3.63) is 75.6 Å². The van der Waals surface area contributed by atoms with Crippen LogP contribution in [0, 0.1) is 24.0 Å². The smallest absolute Gasteiger partial charge is 0.293 e. The van der Waals surface area contributed by atoms with Gasteiger partial charge in [0.25, 0.3) is 11.6 Å². The predicted octanol–water partition coefficient (Wildman–Crippen LogP) is 3.69. The maximum absolute atomic E-state index is 12.7. The summed E-state index contributed by atoms with van der Waals surface area (Å²) in [6.07, 6.45) is 0. The lowest BCUT2D eigenvalue weighted by Crippen LogP contribution is -2.15. The van der Waals surface area contributed by atoms with Crippen molar-refractivity contribution in [1.82, 2.24) is 9.78 Å². The summed E-state index contributed by atoms with van der Waals surface area (Å²) in [6, 6.07) is 13.5. The maximum Gasteiger partial charge on any atom is 0.293 e. The van der Waals surface area contributed by atoms with Crippen LogP contribution in [0.1, 0.15) is 21.7 Å². The van der Waals surface area contributed by atoms with Crippen LogP contribution in [-0.2, 0) is 0 Å². The van der Waals surface area contributed by atoms with Gasteiger partial charge in [0.2, 0.25) is 0 Å². The lowest BCUT2D eigenvalue weighted by atomic mass is 10.1. The van der Waals surface area contributed by atoms with Crippen LogP contribution in [0.3, 0.4) is 0 Å². The van der Waals surface area contributed by atoms with E-state index in [0.29, 0.717) is 11.4 Å². The van der Waals surface area contributed by atoms with Crippen LogP contribution in [0.5, 0.6) is 0 Å². The van der Waals surface area contributed by atoms with E-state index in [9.17, 15) is 14.9 Å². The van der Waals surface area contributed by atoms with Gasteiger partial charge < -0.3 is 10.6 Å². The van der Waals surface area contributed by atoms with Crippen molar-refractivity contribution in [2.75, 3.05) is 17.7 Å². The standard InChI is InChI=1S/C19H19N5O3/c1-12-10-13(2)23(22-12)17-7-5-4-6-16(17)21-19(25)14-8-9-15(20-3)18(11-14)24(26)27/h4-11,20H,1-3H3,(H,21,25). The highest BCUT2D eigenvalue weighted by atomic mass is 16.6. The molecule has 8 heteroatoms. The molecule has 2 N–H and O–H groups in total. The lowest BCUT2D eigenvalue weighted by molar-refractivity contribution is -0.384. The van der Waals surface area contributed by atoms with Crippen molar-refractivity contribution in [1.29, 1.82) is 0 Å². The Labute approximate surface area is 156 Å². The summed E-state index contributed by atoms with van der Waals surface area (Å²) in [5.41, 5.74) is 3.47. The van der Waals surface area contributed by atoms with Crippen LogP contribution < -0.4 is 10.6 Å². The summed E-state index contributed by atoms with van der Waals surface area (Å²) in [6.45, 7) is 3.82. The molecule has 0 aliphatic rings. The summed E-state index contributed by atoms with van der Waals surface area (Å²) in [4.78, 5) is 23.4. The molecule has 8 nitrogen and oxygen atoms in total. The number of anilines is 2. The minimum absolute atomic E-state index is 0.156. The number of aromatic nitrogens is 2. The third kappa shape index (κ3) is 3.64. The predicted molar refractivity (Wildman–Crippen MR) is 104 cm³/mol. The molecule has 27 heavy (non-hydrogen) atoms. The van der Waals surface area contributed by atoms with Crippen molar-refractivity contribution in [2.45, 2.75) is 13.8 Å². The molecule has 0 radical (unpaired) electrons. The van der Waals surface area contributed by atoms with Crippen molar-refractivity contribution in [2.24, 2.45) is 0 Å². The van der Waals surface area contributed by atoms with Gasteiger partial charge in [-0.05, 0) is 44.2 Å². The highest BCUT2D eigenvalue weighted by molar-refractivity contribution is 6.06. The van der Waals surface area contributed by atoms with Crippen LogP contribution in [-0.4, -0.2) is 27.7 Å². The Balaban J connectivity index is 1.95. The van der Waals surface area contributed by atoms with E-state index in [1.165, 1.54) is 12.1 Å². The molecule has 3 aromatic rings. The summed E-state index contributed by atoms with van der Waals surface area (Å²) in [7, 11) is 1.59. The number of para-hydroxylation sites is 2. The van der Waals surface area contributed by atoms with Crippen LogP contribution in [0.15, 0.2) is 48.5 Å². The van der Waals surface area contributed by atoms with E-state index in [2.05, 4.69) is 15.7 Å². The Bertz CT molecular complexity index is 1030. The molecule has 0 aliphatic carbocycles. The lowest BCUT2D eigenvalue weighted by Gasteiger charge is -2.13. The van der Waals surface area contributed by atoms with E-state index < -0.39 is 10.8 Å². The van der Waals surface area contributed by atoms with E-state index >= 15 is 0 Å². The first-order chi connectivity index (χ1) is 12.9. The number of hydrogen-bond acceptors (Lipinski definition) is 5. The SMILES string of the molecule is CNc1ccc(C(=O)Nc2ccccc2-n2nc(C)cc2C)cc1[N+](=O)[O-]. The van der Waals surface area contributed by atoms with Crippen molar-refractivity contribution in [3.8, 4) is 5.69 Å². The van der Waals surface area contributed by atoms with Crippen LogP contribution >= 0.6 is 0 Å². The zero-order chi connectivity index (χ0) is 19.6. The summed E-state index contributed by atoms with van der Waals surface area (Å²) >= 11 is 0. The first-order valence-corrected chi connectivity index (χ1v) is 8.31. The second-order valence-corrected chi connectivity index (χ2v) is 6.05. The molecule has 1 aromatic heterocycles. The van der Waals surface area contributed by atoms with Crippen molar-refractivity contribution >= 4 is 23.0 Å². The molecule has 0 spiro atoms. The molecule has 0 fully saturated rings. The molecule has 3 rings (SSSR count). The van der Waals surface area contributed by atoms with E-state index in [-0.39, 0.29) is 11.3 Å². The Morgan fingerprint density at radius 3 is 2.48 bits per heavy atom. The molecule has 1 heterocycles. The third-order valence-corrected chi connectivity index (χ3v) is 4.12. The van der Waals surface area contributed by atoms with Gasteiger partial charge in [-0.2, -0.15) is 5.10 Å². The van der Waals surface area contributed by atoms with Gasteiger partial charge in [-0.1, -0.05) is 12.1 Å². The number of nitro groups is 1. The number of nitrogens with zero attached hydrogens (tertiary/aromatic N) is 3. The average molecular weight is 365 g/mol. The van der Waals surface area contributed by atoms with Gasteiger partial charge in [0.1, 0.15) is 5.69 Å².